The maximum absolute atomic E-state index is 12.7. The molecule has 0 saturated carbocycles. The lowest BCUT2D eigenvalue weighted by atomic mass is 10.1. The summed E-state index contributed by atoms with van der Waals surface area (Å²) in [6.07, 6.45) is 8.56. The van der Waals surface area contributed by atoms with Crippen molar-refractivity contribution in [3.05, 3.63) is 42.4 Å². The molecule has 2 amide bonds. The molecule has 0 atom stereocenters. The molecular weight excluding hydrogens is 356 g/mol. The molecule has 8 nitrogen and oxygen atoms in total. The molecule has 2 aromatic rings. The molecule has 2 aliphatic heterocycles. The molecule has 2 aromatic heterocycles. The predicted molar refractivity (Wildman–Crippen MR) is 104 cm³/mol. The van der Waals surface area contributed by atoms with Crippen LogP contribution >= 0.6 is 0 Å². The van der Waals surface area contributed by atoms with E-state index in [9.17, 15) is 9.59 Å². The van der Waals surface area contributed by atoms with E-state index >= 15 is 0 Å². The number of piperidine rings is 1. The van der Waals surface area contributed by atoms with E-state index in [-0.39, 0.29) is 11.8 Å². The minimum Gasteiger partial charge on any atom is -0.342 e. The monoisotopic (exact) mass is 382 g/mol. The Hall–Kier alpha value is -2.74. The Kier molecular flexibility index (Phi) is 5.66. The first kappa shape index (κ1) is 18.6. The Bertz CT molecular complexity index is 791. The maximum Gasteiger partial charge on any atom is 0.255 e. The van der Waals surface area contributed by atoms with Crippen molar-refractivity contribution in [1.29, 1.82) is 0 Å². The van der Waals surface area contributed by atoms with Crippen molar-refractivity contribution in [3.8, 4) is 5.82 Å². The van der Waals surface area contributed by atoms with Crippen molar-refractivity contribution < 1.29 is 9.59 Å². The predicted octanol–water partition coefficient (Wildman–Crippen LogP) is 1.04. The maximum atomic E-state index is 12.7. The Labute approximate surface area is 164 Å². The van der Waals surface area contributed by atoms with E-state index in [1.165, 1.54) is 6.42 Å². The largest absolute Gasteiger partial charge is 0.342 e. The second kappa shape index (κ2) is 8.52. The summed E-state index contributed by atoms with van der Waals surface area (Å²) < 4.78 is 1.66. The molecule has 4 heterocycles. The number of carbonyl (C=O) groups excluding carboxylic acids is 2. The van der Waals surface area contributed by atoms with Gasteiger partial charge in [0, 0.05) is 57.9 Å². The van der Waals surface area contributed by atoms with Gasteiger partial charge in [0.25, 0.3) is 5.91 Å². The molecule has 2 saturated heterocycles. The lowest BCUT2D eigenvalue weighted by Crippen LogP contribution is -2.52. The highest BCUT2D eigenvalue weighted by molar-refractivity contribution is 5.94. The highest BCUT2D eigenvalue weighted by atomic mass is 16.2. The number of carbonyl (C=O) groups is 2. The van der Waals surface area contributed by atoms with Crippen LogP contribution in [0.3, 0.4) is 0 Å². The lowest BCUT2D eigenvalue weighted by molar-refractivity contribution is -0.133. The molecule has 0 radical (unpaired) electrons. The van der Waals surface area contributed by atoms with Crippen LogP contribution in [0.25, 0.3) is 5.82 Å². The molecule has 8 heteroatoms. The standard InChI is InChI=1S/C20H26N6O2/c27-19(24-8-2-1-3-9-24)16-23-11-13-25(14-12-23)20(28)17-5-6-18(21-15-17)26-10-4-7-22-26/h4-7,10,15H,1-3,8-9,11-14,16H2. The van der Waals surface area contributed by atoms with Gasteiger partial charge < -0.3 is 9.80 Å². The summed E-state index contributed by atoms with van der Waals surface area (Å²) in [6, 6.07) is 5.42. The van der Waals surface area contributed by atoms with E-state index in [2.05, 4.69) is 15.0 Å². The van der Waals surface area contributed by atoms with E-state index in [0.717, 1.165) is 39.0 Å². The number of piperazine rings is 1. The lowest BCUT2D eigenvalue weighted by Gasteiger charge is -2.36. The zero-order valence-corrected chi connectivity index (χ0v) is 16.0. The second-order valence-corrected chi connectivity index (χ2v) is 7.37. The Morgan fingerprint density at radius 3 is 2.36 bits per heavy atom. The number of aromatic nitrogens is 3. The first-order valence-corrected chi connectivity index (χ1v) is 9.96. The van der Waals surface area contributed by atoms with Gasteiger partial charge in [0.1, 0.15) is 0 Å². The topological polar surface area (TPSA) is 74.6 Å². The minimum absolute atomic E-state index is 0.0125. The average molecular weight is 382 g/mol. The van der Waals surface area contributed by atoms with Gasteiger partial charge in [-0.25, -0.2) is 9.67 Å². The third-order valence-electron chi connectivity index (χ3n) is 5.46. The quantitative estimate of drug-likeness (QED) is 0.790. The summed E-state index contributed by atoms with van der Waals surface area (Å²) in [6.45, 7) is 4.95. The van der Waals surface area contributed by atoms with Gasteiger partial charge in [-0.3, -0.25) is 14.5 Å². The summed E-state index contributed by atoms with van der Waals surface area (Å²) in [5.41, 5.74) is 0.578. The second-order valence-electron chi connectivity index (χ2n) is 7.37. The van der Waals surface area contributed by atoms with Crippen LogP contribution in [0.2, 0.25) is 0 Å². The fraction of sp³-hybridized carbons (Fsp3) is 0.500. The summed E-state index contributed by atoms with van der Waals surface area (Å²) in [4.78, 5) is 35.5. The number of amides is 2. The van der Waals surface area contributed by atoms with Crippen molar-refractivity contribution >= 4 is 11.8 Å². The molecule has 2 aliphatic rings. The van der Waals surface area contributed by atoms with Crippen molar-refractivity contribution in [2.24, 2.45) is 0 Å². The van der Waals surface area contributed by atoms with Crippen LogP contribution in [0, 0.1) is 0 Å². The van der Waals surface area contributed by atoms with Crippen LogP contribution in [0.15, 0.2) is 36.8 Å². The van der Waals surface area contributed by atoms with E-state index in [1.807, 2.05) is 22.1 Å². The smallest absolute Gasteiger partial charge is 0.255 e. The summed E-state index contributed by atoms with van der Waals surface area (Å²) in [7, 11) is 0. The highest BCUT2D eigenvalue weighted by Crippen LogP contribution is 2.12. The molecule has 0 unspecified atom stereocenters. The molecule has 0 bridgehead atoms. The number of pyridine rings is 1. The van der Waals surface area contributed by atoms with Gasteiger partial charge in [0.05, 0.1) is 12.1 Å². The molecule has 0 aromatic carbocycles. The van der Waals surface area contributed by atoms with Crippen molar-refractivity contribution in [2.75, 3.05) is 45.8 Å². The molecule has 28 heavy (non-hydrogen) atoms. The van der Waals surface area contributed by atoms with Gasteiger partial charge in [0.2, 0.25) is 5.91 Å². The highest BCUT2D eigenvalue weighted by Gasteiger charge is 2.25. The molecule has 0 N–H and O–H groups in total. The van der Waals surface area contributed by atoms with Crippen LogP contribution < -0.4 is 0 Å². The Balaban J connectivity index is 1.28. The minimum atomic E-state index is -0.0125. The number of rotatable bonds is 4. The average Bonchev–Trinajstić information content (AvgIpc) is 3.29. The first-order chi connectivity index (χ1) is 13.7. The molecule has 0 aliphatic carbocycles. The van der Waals surface area contributed by atoms with Crippen LogP contribution in [0.4, 0.5) is 0 Å². The first-order valence-electron chi connectivity index (χ1n) is 9.96. The van der Waals surface area contributed by atoms with Gasteiger partial charge in [-0.1, -0.05) is 0 Å². The Morgan fingerprint density at radius 2 is 1.71 bits per heavy atom. The van der Waals surface area contributed by atoms with Gasteiger partial charge >= 0.3 is 0 Å². The van der Waals surface area contributed by atoms with Crippen LogP contribution in [-0.2, 0) is 4.79 Å². The fourth-order valence-corrected chi connectivity index (χ4v) is 3.78. The van der Waals surface area contributed by atoms with Crippen LogP contribution in [0.1, 0.15) is 29.6 Å². The fourth-order valence-electron chi connectivity index (χ4n) is 3.78. The molecule has 148 valence electrons. The molecule has 4 rings (SSSR count). The third kappa shape index (κ3) is 4.22. The molecular formula is C20H26N6O2. The van der Waals surface area contributed by atoms with E-state index in [1.54, 1.807) is 29.2 Å². The van der Waals surface area contributed by atoms with Crippen molar-refractivity contribution in [3.63, 3.8) is 0 Å². The Morgan fingerprint density at radius 1 is 0.929 bits per heavy atom. The number of likely N-dealkylation sites (tertiary alicyclic amines) is 1. The van der Waals surface area contributed by atoms with Gasteiger partial charge in [-0.15, -0.1) is 0 Å². The van der Waals surface area contributed by atoms with Crippen molar-refractivity contribution in [1.82, 2.24) is 29.5 Å². The van der Waals surface area contributed by atoms with E-state index in [0.29, 0.717) is 31.0 Å². The number of hydrogen-bond acceptors (Lipinski definition) is 5. The number of nitrogens with zero attached hydrogens (tertiary/aromatic N) is 6. The zero-order chi connectivity index (χ0) is 19.3. The normalized spacial score (nSPS) is 18.3. The van der Waals surface area contributed by atoms with E-state index < -0.39 is 0 Å². The SMILES string of the molecule is O=C(CN1CCN(C(=O)c2ccc(-n3cccn3)nc2)CC1)N1CCCCC1. The summed E-state index contributed by atoms with van der Waals surface area (Å²) >= 11 is 0. The van der Waals surface area contributed by atoms with Gasteiger partial charge in [0.15, 0.2) is 5.82 Å². The van der Waals surface area contributed by atoms with Crippen LogP contribution in [0.5, 0.6) is 0 Å². The summed E-state index contributed by atoms with van der Waals surface area (Å²) in [5, 5.41) is 4.14. The molecule has 0 spiro atoms. The van der Waals surface area contributed by atoms with Gasteiger partial charge in [-0.2, -0.15) is 5.10 Å². The van der Waals surface area contributed by atoms with Gasteiger partial charge in [-0.05, 0) is 37.5 Å². The van der Waals surface area contributed by atoms with Crippen LogP contribution in [-0.4, -0.2) is 87.1 Å². The summed E-state index contributed by atoms with van der Waals surface area (Å²) in [5.74, 6) is 0.891. The molecule has 2 fully saturated rings. The van der Waals surface area contributed by atoms with Crippen molar-refractivity contribution in [2.45, 2.75) is 19.3 Å². The third-order valence-corrected chi connectivity index (χ3v) is 5.46. The van der Waals surface area contributed by atoms with E-state index in [4.69, 9.17) is 0 Å². The zero-order valence-electron chi connectivity index (χ0n) is 16.0. The number of hydrogen-bond donors (Lipinski definition) is 0.